The molecule has 2 aromatic rings. The minimum atomic E-state index is -3.64. The van der Waals surface area contributed by atoms with Crippen molar-refractivity contribution in [3.63, 3.8) is 0 Å². The molecule has 0 bridgehead atoms. The summed E-state index contributed by atoms with van der Waals surface area (Å²) in [6.45, 7) is 4.78. The topological polar surface area (TPSA) is 125 Å². The van der Waals surface area contributed by atoms with Crippen molar-refractivity contribution in [1.29, 1.82) is 0 Å². The van der Waals surface area contributed by atoms with Gasteiger partial charge in [0.25, 0.3) is 11.8 Å². The fraction of sp³-hybridized carbons (Fsp3) is 0.400. The molecule has 0 saturated carbocycles. The van der Waals surface area contributed by atoms with Crippen LogP contribution >= 0.6 is 0 Å². The number of hydrogen-bond acceptors (Lipinski definition) is 6. The number of nitrogens with zero attached hydrogens (tertiary/aromatic N) is 1. The van der Waals surface area contributed by atoms with Crippen LogP contribution < -0.4 is 20.3 Å². The molecule has 11 heteroatoms. The van der Waals surface area contributed by atoms with E-state index < -0.39 is 33.7 Å². The zero-order chi connectivity index (χ0) is 26.9. The molecule has 0 unspecified atom stereocenters. The van der Waals surface area contributed by atoms with E-state index in [1.807, 2.05) is 0 Å². The van der Waals surface area contributed by atoms with Crippen molar-refractivity contribution >= 4 is 33.3 Å². The molecule has 2 rings (SSSR count). The Morgan fingerprint density at radius 3 is 2.17 bits per heavy atom. The molecule has 3 N–H and O–H groups in total. The molecule has 0 aliphatic heterocycles. The highest BCUT2D eigenvalue weighted by Gasteiger charge is 2.20. The highest BCUT2D eigenvalue weighted by Crippen LogP contribution is 2.22. The van der Waals surface area contributed by atoms with Gasteiger partial charge in [-0.1, -0.05) is 12.1 Å². The Hall–Kier alpha value is -3.31. The molecule has 196 valence electrons. The molecule has 36 heavy (non-hydrogen) atoms. The maximum atomic E-state index is 13.2. The quantitative estimate of drug-likeness (QED) is 0.349. The average molecular weight is 521 g/mol. The van der Waals surface area contributed by atoms with Gasteiger partial charge in [-0.05, 0) is 62.7 Å². The zero-order valence-corrected chi connectivity index (χ0v) is 21.7. The summed E-state index contributed by atoms with van der Waals surface area (Å²) in [6, 6.07) is 9.44. The number of Topliss-reactive ketones (excluding diaryl/α,β-unsaturated/α-hetero) is 1. The second kappa shape index (κ2) is 13.1. The van der Waals surface area contributed by atoms with Crippen LogP contribution in [0.3, 0.4) is 0 Å². The van der Waals surface area contributed by atoms with Crippen LogP contribution in [0.4, 0.5) is 10.1 Å². The molecular formula is C25H33FN4O5S. The fourth-order valence-electron chi connectivity index (χ4n) is 3.27. The summed E-state index contributed by atoms with van der Waals surface area (Å²) in [5.41, 5.74) is 1.08. The predicted octanol–water partition coefficient (Wildman–Crippen LogP) is 2.40. The van der Waals surface area contributed by atoms with Gasteiger partial charge in [0.1, 0.15) is 11.6 Å². The van der Waals surface area contributed by atoms with E-state index in [2.05, 4.69) is 16.0 Å². The van der Waals surface area contributed by atoms with Crippen molar-refractivity contribution in [2.45, 2.75) is 32.7 Å². The number of hydrogen-bond donors (Lipinski definition) is 3. The Balaban J connectivity index is 2.16. The van der Waals surface area contributed by atoms with Gasteiger partial charge in [-0.15, -0.1) is 0 Å². The third kappa shape index (κ3) is 9.04. The SMILES string of the molecule is CC(=O)CCNCCCNC(=O)c1cc(C(=O)N[C@H](C)c2ccc(F)cc2)cc(N(C)S(C)(=O)=O)c1. The Morgan fingerprint density at radius 1 is 0.972 bits per heavy atom. The van der Waals surface area contributed by atoms with Crippen LogP contribution in [0.1, 0.15) is 59.0 Å². The van der Waals surface area contributed by atoms with Gasteiger partial charge >= 0.3 is 0 Å². The molecular weight excluding hydrogens is 487 g/mol. The molecule has 0 radical (unpaired) electrons. The minimum Gasteiger partial charge on any atom is -0.352 e. The molecule has 0 aromatic heterocycles. The van der Waals surface area contributed by atoms with E-state index in [1.165, 1.54) is 44.3 Å². The lowest BCUT2D eigenvalue weighted by Gasteiger charge is -2.20. The molecule has 0 aliphatic rings. The van der Waals surface area contributed by atoms with Crippen molar-refractivity contribution < 1.29 is 27.2 Å². The van der Waals surface area contributed by atoms with Gasteiger partial charge in [-0.2, -0.15) is 0 Å². The van der Waals surface area contributed by atoms with Crippen LogP contribution in [0.5, 0.6) is 0 Å². The molecule has 9 nitrogen and oxygen atoms in total. The van der Waals surface area contributed by atoms with E-state index in [4.69, 9.17) is 0 Å². The van der Waals surface area contributed by atoms with Crippen LogP contribution in [0.25, 0.3) is 0 Å². The first kappa shape index (κ1) is 28.9. The highest BCUT2D eigenvalue weighted by molar-refractivity contribution is 7.92. The van der Waals surface area contributed by atoms with E-state index in [-0.39, 0.29) is 22.6 Å². The van der Waals surface area contributed by atoms with Crippen molar-refractivity contribution in [1.82, 2.24) is 16.0 Å². The van der Waals surface area contributed by atoms with Gasteiger partial charge in [0.2, 0.25) is 10.0 Å². The number of amides is 2. The number of rotatable bonds is 13. The molecule has 1 atom stereocenters. The standard InChI is InChI=1S/C25H33FN4O5S/c1-17(31)10-13-27-11-5-12-28-24(32)20-14-21(16-23(15-20)30(3)36(4,34)35)25(33)29-18(2)19-6-8-22(26)9-7-19/h6-9,14-16,18,27H,5,10-13H2,1-4H3,(H,28,32)(H,29,33)/t18-/m1/s1. The lowest BCUT2D eigenvalue weighted by Crippen LogP contribution is -2.30. The summed E-state index contributed by atoms with van der Waals surface area (Å²) in [5.74, 6) is -1.26. The Labute approximate surface area is 211 Å². The summed E-state index contributed by atoms with van der Waals surface area (Å²) >= 11 is 0. The number of carbonyl (C=O) groups excluding carboxylic acids is 3. The van der Waals surface area contributed by atoms with Gasteiger partial charge in [-0.3, -0.25) is 18.7 Å². The van der Waals surface area contributed by atoms with Crippen LogP contribution in [0, 0.1) is 5.82 Å². The fourth-order valence-corrected chi connectivity index (χ4v) is 3.76. The number of halogens is 1. The van der Waals surface area contributed by atoms with Crippen molar-refractivity contribution in [3.05, 3.63) is 65.0 Å². The van der Waals surface area contributed by atoms with Crippen molar-refractivity contribution in [3.8, 4) is 0 Å². The summed E-state index contributed by atoms with van der Waals surface area (Å²) in [5, 5.41) is 8.66. The third-order valence-corrected chi connectivity index (χ3v) is 6.70. The molecule has 0 saturated heterocycles. The van der Waals surface area contributed by atoms with Crippen molar-refractivity contribution in [2.75, 3.05) is 37.2 Å². The Morgan fingerprint density at radius 2 is 1.58 bits per heavy atom. The molecule has 0 fully saturated rings. The number of nitrogens with one attached hydrogen (secondary N) is 3. The second-order valence-corrected chi connectivity index (χ2v) is 10.6. The van der Waals surface area contributed by atoms with Crippen LogP contribution in [0.15, 0.2) is 42.5 Å². The van der Waals surface area contributed by atoms with Gasteiger partial charge < -0.3 is 16.0 Å². The predicted molar refractivity (Wildman–Crippen MR) is 137 cm³/mol. The van der Waals surface area contributed by atoms with Gasteiger partial charge in [0, 0.05) is 37.7 Å². The van der Waals surface area contributed by atoms with E-state index in [0.717, 1.165) is 10.6 Å². The van der Waals surface area contributed by atoms with Gasteiger partial charge in [-0.25, -0.2) is 12.8 Å². The molecule has 0 heterocycles. The summed E-state index contributed by atoms with van der Waals surface area (Å²) in [6.07, 6.45) is 2.09. The van der Waals surface area contributed by atoms with E-state index in [9.17, 15) is 27.2 Å². The number of sulfonamides is 1. The monoisotopic (exact) mass is 520 g/mol. The van der Waals surface area contributed by atoms with Crippen LogP contribution in [-0.4, -0.2) is 59.0 Å². The van der Waals surface area contributed by atoms with Crippen LogP contribution in [0.2, 0.25) is 0 Å². The Kier molecular flexibility index (Phi) is 10.5. The first-order chi connectivity index (χ1) is 16.9. The minimum absolute atomic E-state index is 0.0987. The van der Waals surface area contributed by atoms with E-state index in [1.54, 1.807) is 19.1 Å². The number of carbonyl (C=O) groups is 3. The summed E-state index contributed by atoms with van der Waals surface area (Å²) in [4.78, 5) is 36.7. The maximum absolute atomic E-state index is 13.2. The normalized spacial score (nSPS) is 12.0. The van der Waals surface area contributed by atoms with Crippen LogP contribution in [-0.2, 0) is 14.8 Å². The highest BCUT2D eigenvalue weighted by atomic mass is 32.2. The lowest BCUT2D eigenvalue weighted by molar-refractivity contribution is -0.116. The third-order valence-electron chi connectivity index (χ3n) is 5.49. The molecule has 0 aliphatic carbocycles. The lowest BCUT2D eigenvalue weighted by atomic mass is 10.1. The van der Waals surface area contributed by atoms with Crippen molar-refractivity contribution in [2.24, 2.45) is 0 Å². The molecule has 2 aromatic carbocycles. The summed E-state index contributed by atoms with van der Waals surface area (Å²) < 4.78 is 38.4. The van der Waals surface area contributed by atoms with E-state index in [0.29, 0.717) is 38.0 Å². The number of ketones is 1. The summed E-state index contributed by atoms with van der Waals surface area (Å²) in [7, 11) is -2.31. The molecule has 0 spiro atoms. The first-order valence-electron chi connectivity index (χ1n) is 11.5. The Bertz CT molecular complexity index is 1190. The average Bonchev–Trinajstić information content (AvgIpc) is 2.82. The number of anilines is 1. The van der Waals surface area contributed by atoms with E-state index >= 15 is 0 Å². The maximum Gasteiger partial charge on any atom is 0.251 e. The molecule has 2 amide bonds. The second-order valence-electron chi connectivity index (χ2n) is 8.56. The number of benzene rings is 2. The smallest absolute Gasteiger partial charge is 0.251 e. The largest absolute Gasteiger partial charge is 0.352 e. The first-order valence-corrected chi connectivity index (χ1v) is 13.4. The van der Waals surface area contributed by atoms with Gasteiger partial charge in [0.15, 0.2) is 0 Å². The zero-order valence-electron chi connectivity index (χ0n) is 20.9. The van der Waals surface area contributed by atoms with Gasteiger partial charge in [0.05, 0.1) is 18.0 Å².